The number of nitrogens with zero attached hydrogens (tertiary/aromatic N) is 2. The summed E-state index contributed by atoms with van der Waals surface area (Å²) in [4.78, 5) is 20.0. The number of hydrogen-bond donors (Lipinski definition) is 0. The van der Waals surface area contributed by atoms with Crippen molar-refractivity contribution in [3.63, 3.8) is 0 Å². The summed E-state index contributed by atoms with van der Waals surface area (Å²) in [5.41, 5.74) is 3.97. The number of anilines is 1. The number of carbonyl (C=O) groups is 1. The first-order chi connectivity index (χ1) is 14.5. The van der Waals surface area contributed by atoms with Crippen LogP contribution >= 0.6 is 22.9 Å². The minimum atomic E-state index is 0.00773. The van der Waals surface area contributed by atoms with Crippen LogP contribution in [0.15, 0.2) is 30.3 Å². The molecule has 4 rings (SSSR count). The maximum absolute atomic E-state index is 13.5. The van der Waals surface area contributed by atoms with Gasteiger partial charge >= 0.3 is 0 Å². The van der Waals surface area contributed by atoms with Crippen LogP contribution in [-0.2, 0) is 16.0 Å². The highest BCUT2D eigenvalue weighted by atomic mass is 35.5. The molecule has 0 spiro atoms. The van der Waals surface area contributed by atoms with Gasteiger partial charge in [-0.1, -0.05) is 46.7 Å². The van der Waals surface area contributed by atoms with E-state index in [1.165, 1.54) is 11.3 Å². The first kappa shape index (κ1) is 21.1. The fourth-order valence-corrected chi connectivity index (χ4v) is 5.03. The summed E-state index contributed by atoms with van der Waals surface area (Å²) in [5, 5.41) is 1.23. The lowest BCUT2D eigenvalue weighted by molar-refractivity contribution is -0.118. The van der Waals surface area contributed by atoms with Gasteiger partial charge in [-0.3, -0.25) is 9.69 Å². The Hall–Kier alpha value is -2.15. The number of rotatable bonds is 6. The van der Waals surface area contributed by atoms with Gasteiger partial charge in [0.2, 0.25) is 5.91 Å². The van der Waals surface area contributed by atoms with Gasteiger partial charge in [-0.15, -0.1) is 0 Å². The van der Waals surface area contributed by atoms with Crippen molar-refractivity contribution in [2.75, 3.05) is 25.2 Å². The van der Waals surface area contributed by atoms with Crippen molar-refractivity contribution < 1.29 is 14.3 Å². The molecule has 1 unspecified atom stereocenters. The number of benzene rings is 2. The monoisotopic (exact) mass is 444 g/mol. The second-order valence-electron chi connectivity index (χ2n) is 7.67. The molecule has 7 heteroatoms. The third-order valence-electron chi connectivity index (χ3n) is 5.46. The van der Waals surface area contributed by atoms with Gasteiger partial charge in [0, 0.05) is 6.61 Å². The van der Waals surface area contributed by atoms with Crippen LogP contribution < -0.4 is 9.64 Å². The molecule has 2 aromatic carbocycles. The third kappa shape index (κ3) is 4.31. The standard InChI is InChI=1S/C23H25ClN2O3S/c1-14-6-7-15(2)16(11-14)12-20(27)26(13-17-5-4-10-29-17)23-25-21-19(28-3)9-8-18(24)22(21)30-23/h6-9,11,17H,4-5,10,12-13H2,1-3H3. The minimum absolute atomic E-state index is 0.00773. The van der Waals surface area contributed by atoms with Gasteiger partial charge in [0.1, 0.15) is 11.3 Å². The van der Waals surface area contributed by atoms with Crippen molar-refractivity contribution in [3.8, 4) is 5.75 Å². The maximum atomic E-state index is 13.5. The number of amides is 1. The molecule has 1 aromatic heterocycles. The molecule has 3 aromatic rings. The molecule has 0 bridgehead atoms. The molecule has 158 valence electrons. The van der Waals surface area contributed by atoms with Crippen molar-refractivity contribution in [2.45, 2.75) is 39.2 Å². The van der Waals surface area contributed by atoms with Crippen molar-refractivity contribution in [2.24, 2.45) is 0 Å². The van der Waals surface area contributed by atoms with Crippen molar-refractivity contribution in [3.05, 3.63) is 52.0 Å². The minimum Gasteiger partial charge on any atom is -0.494 e. The molecule has 30 heavy (non-hydrogen) atoms. The number of hydrogen-bond acceptors (Lipinski definition) is 5. The first-order valence-electron chi connectivity index (χ1n) is 10.1. The number of aryl methyl sites for hydroxylation is 2. The van der Waals surface area contributed by atoms with E-state index >= 15 is 0 Å². The molecule has 0 saturated carbocycles. The van der Waals surface area contributed by atoms with Gasteiger partial charge in [-0.2, -0.15) is 0 Å². The molecule has 0 radical (unpaired) electrons. The van der Waals surface area contributed by atoms with Crippen LogP contribution in [0.4, 0.5) is 5.13 Å². The van der Waals surface area contributed by atoms with Gasteiger partial charge in [0.15, 0.2) is 5.13 Å². The molecular weight excluding hydrogens is 420 g/mol. The van der Waals surface area contributed by atoms with E-state index in [9.17, 15) is 4.79 Å². The number of thiazole rings is 1. The van der Waals surface area contributed by atoms with Crippen LogP contribution in [-0.4, -0.2) is 37.3 Å². The highest BCUT2D eigenvalue weighted by Crippen LogP contribution is 2.39. The smallest absolute Gasteiger partial charge is 0.233 e. The van der Waals surface area contributed by atoms with Crippen LogP contribution in [0.25, 0.3) is 10.2 Å². The Morgan fingerprint density at radius 1 is 1.33 bits per heavy atom. The van der Waals surface area contributed by atoms with E-state index < -0.39 is 0 Å². The van der Waals surface area contributed by atoms with Crippen molar-refractivity contribution >= 4 is 44.2 Å². The molecular formula is C23H25ClN2O3S. The molecule has 1 amide bonds. The summed E-state index contributed by atoms with van der Waals surface area (Å²) in [6.45, 7) is 5.31. The molecule has 0 aliphatic carbocycles. The van der Waals surface area contributed by atoms with Crippen LogP contribution in [0, 0.1) is 13.8 Å². The first-order valence-corrected chi connectivity index (χ1v) is 11.3. The summed E-state index contributed by atoms with van der Waals surface area (Å²) in [6.07, 6.45) is 2.31. The van der Waals surface area contributed by atoms with E-state index in [4.69, 9.17) is 26.1 Å². The molecule has 1 saturated heterocycles. The highest BCUT2D eigenvalue weighted by Gasteiger charge is 2.27. The predicted molar refractivity (Wildman–Crippen MR) is 122 cm³/mol. The average Bonchev–Trinajstić information content (AvgIpc) is 3.39. The zero-order valence-electron chi connectivity index (χ0n) is 17.4. The number of methoxy groups -OCH3 is 1. The van der Waals surface area contributed by atoms with E-state index in [2.05, 4.69) is 18.2 Å². The number of aromatic nitrogens is 1. The predicted octanol–water partition coefficient (Wildman–Crippen LogP) is 5.33. The SMILES string of the molecule is COc1ccc(Cl)c2sc(N(CC3CCCO3)C(=O)Cc3cc(C)ccc3C)nc12. The Morgan fingerprint density at radius 2 is 2.17 bits per heavy atom. The average molecular weight is 445 g/mol. The van der Waals surface area contributed by atoms with E-state index in [1.807, 2.05) is 13.8 Å². The fourth-order valence-electron chi connectivity index (χ4n) is 3.75. The lowest BCUT2D eigenvalue weighted by Crippen LogP contribution is -2.38. The normalized spacial score (nSPS) is 16.2. The fraction of sp³-hybridized carbons (Fsp3) is 0.391. The summed E-state index contributed by atoms with van der Waals surface area (Å²) < 4.78 is 12.1. The Labute approximate surface area is 185 Å². The van der Waals surface area contributed by atoms with Gasteiger partial charge in [-0.25, -0.2) is 4.98 Å². The van der Waals surface area contributed by atoms with E-state index in [0.29, 0.717) is 34.4 Å². The molecule has 1 atom stereocenters. The second kappa shape index (κ2) is 8.92. The third-order valence-corrected chi connectivity index (χ3v) is 6.99. The van der Waals surface area contributed by atoms with E-state index in [0.717, 1.165) is 40.8 Å². The Balaban J connectivity index is 1.70. The Morgan fingerprint density at radius 3 is 2.90 bits per heavy atom. The topological polar surface area (TPSA) is 51.7 Å². The highest BCUT2D eigenvalue weighted by molar-refractivity contribution is 7.23. The van der Waals surface area contributed by atoms with Crippen LogP contribution in [0.3, 0.4) is 0 Å². The number of carbonyl (C=O) groups excluding carboxylic acids is 1. The molecule has 5 nitrogen and oxygen atoms in total. The molecule has 1 aliphatic heterocycles. The lowest BCUT2D eigenvalue weighted by Gasteiger charge is -2.23. The van der Waals surface area contributed by atoms with Gasteiger partial charge in [-0.05, 0) is 49.9 Å². The summed E-state index contributed by atoms with van der Waals surface area (Å²) in [7, 11) is 1.61. The molecule has 1 fully saturated rings. The van der Waals surface area contributed by atoms with Crippen molar-refractivity contribution in [1.82, 2.24) is 4.98 Å². The largest absolute Gasteiger partial charge is 0.494 e. The van der Waals surface area contributed by atoms with Gasteiger partial charge in [0.25, 0.3) is 0 Å². The number of ether oxygens (including phenoxy) is 2. The van der Waals surface area contributed by atoms with E-state index in [-0.39, 0.29) is 12.0 Å². The van der Waals surface area contributed by atoms with Crippen molar-refractivity contribution in [1.29, 1.82) is 0 Å². The van der Waals surface area contributed by atoms with E-state index in [1.54, 1.807) is 24.1 Å². The zero-order chi connectivity index (χ0) is 21.3. The van der Waals surface area contributed by atoms with Crippen LogP contribution in [0.2, 0.25) is 5.02 Å². The molecule has 2 heterocycles. The second-order valence-corrected chi connectivity index (χ2v) is 9.05. The number of halogens is 1. The summed E-state index contributed by atoms with van der Waals surface area (Å²) in [6, 6.07) is 9.80. The Bertz CT molecular complexity index is 1080. The summed E-state index contributed by atoms with van der Waals surface area (Å²) >= 11 is 7.83. The maximum Gasteiger partial charge on any atom is 0.233 e. The summed E-state index contributed by atoms with van der Waals surface area (Å²) in [5.74, 6) is 0.657. The van der Waals surface area contributed by atoms with Gasteiger partial charge < -0.3 is 9.47 Å². The van der Waals surface area contributed by atoms with Gasteiger partial charge in [0.05, 0.1) is 35.9 Å². The number of fused-ring (bicyclic) bond motifs is 1. The van der Waals surface area contributed by atoms with Crippen LogP contribution in [0.1, 0.15) is 29.5 Å². The zero-order valence-corrected chi connectivity index (χ0v) is 19.0. The molecule has 0 N–H and O–H groups in total. The Kier molecular flexibility index (Phi) is 6.27. The molecule has 1 aliphatic rings. The van der Waals surface area contributed by atoms with Crippen LogP contribution in [0.5, 0.6) is 5.75 Å². The lowest BCUT2D eigenvalue weighted by atomic mass is 10.0. The quantitative estimate of drug-likeness (QED) is 0.515.